The van der Waals surface area contributed by atoms with Crippen molar-refractivity contribution in [2.24, 2.45) is 0 Å². The Bertz CT molecular complexity index is 1290. The van der Waals surface area contributed by atoms with Crippen LogP contribution in [0.15, 0.2) is 71.8 Å². The molecule has 0 aliphatic heterocycles. The molecule has 0 unspecified atom stereocenters. The molecule has 2 heterocycles. The molecule has 4 aromatic rings. The van der Waals surface area contributed by atoms with Gasteiger partial charge in [0.25, 0.3) is 0 Å². The molecule has 4 rings (SSSR count). The van der Waals surface area contributed by atoms with Crippen LogP contribution in [0.25, 0.3) is 22.5 Å². The third-order valence-corrected chi connectivity index (χ3v) is 5.70. The highest BCUT2D eigenvalue weighted by atomic mass is 32.2. The number of H-pyrrole nitrogens is 1. The lowest BCUT2D eigenvalue weighted by molar-refractivity contribution is 0.479. The molecule has 2 aromatic heterocycles. The van der Waals surface area contributed by atoms with E-state index in [2.05, 4.69) is 25.6 Å². The SMILES string of the molecule is CCCN(Cc1ccc(-c2ccccc2-c2nn[nH]n2)cc1)c1cccc(S(=O)(=O)O)n1. The number of pyridine rings is 1. The summed E-state index contributed by atoms with van der Waals surface area (Å²) >= 11 is 0. The maximum atomic E-state index is 11.5. The average Bonchev–Trinajstić information content (AvgIpc) is 3.34. The van der Waals surface area contributed by atoms with Crippen LogP contribution in [-0.4, -0.2) is 45.1 Å². The van der Waals surface area contributed by atoms with E-state index >= 15 is 0 Å². The smallest absolute Gasteiger partial charge is 0.312 e. The average molecular weight is 451 g/mol. The Balaban J connectivity index is 1.60. The van der Waals surface area contributed by atoms with Crippen molar-refractivity contribution >= 4 is 15.9 Å². The van der Waals surface area contributed by atoms with Gasteiger partial charge in [0.2, 0.25) is 5.82 Å². The Morgan fingerprint density at radius 1 is 0.969 bits per heavy atom. The minimum atomic E-state index is -4.36. The van der Waals surface area contributed by atoms with Gasteiger partial charge in [0.15, 0.2) is 5.03 Å². The predicted molar refractivity (Wildman–Crippen MR) is 120 cm³/mol. The molecule has 0 fully saturated rings. The number of benzene rings is 2. The summed E-state index contributed by atoms with van der Waals surface area (Å²) in [6.45, 7) is 3.27. The Labute approximate surface area is 185 Å². The third kappa shape index (κ3) is 4.82. The van der Waals surface area contributed by atoms with Crippen LogP contribution in [0.5, 0.6) is 0 Å². The minimum Gasteiger partial charge on any atom is -0.352 e. The first-order chi connectivity index (χ1) is 15.5. The van der Waals surface area contributed by atoms with Gasteiger partial charge in [-0.15, -0.1) is 10.2 Å². The van der Waals surface area contributed by atoms with Gasteiger partial charge < -0.3 is 4.90 Å². The van der Waals surface area contributed by atoms with Crippen LogP contribution in [0.1, 0.15) is 18.9 Å². The van der Waals surface area contributed by atoms with Crippen molar-refractivity contribution in [3.05, 3.63) is 72.3 Å². The molecule has 9 nitrogen and oxygen atoms in total. The molecule has 2 aromatic carbocycles. The Kier molecular flexibility index (Phi) is 6.24. The molecule has 2 N–H and O–H groups in total. The van der Waals surface area contributed by atoms with E-state index in [4.69, 9.17) is 0 Å². The van der Waals surface area contributed by atoms with Gasteiger partial charge >= 0.3 is 10.1 Å². The zero-order valence-electron chi connectivity index (χ0n) is 17.4. The monoisotopic (exact) mass is 450 g/mol. The number of tetrazole rings is 1. The van der Waals surface area contributed by atoms with Crippen molar-refractivity contribution < 1.29 is 13.0 Å². The van der Waals surface area contributed by atoms with E-state index in [1.54, 1.807) is 12.1 Å². The van der Waals surface area contributed by atoms with Crippen LogP contribution >= 0.6 is 0 Å². The van der Waals surface area contributed by atoms with E-state index in [1.165, 1.54) is 6.07 Å². The molecule has 0 saturated heterocycles. The van der Waals surface area contributed by atoms with Gasteiger partial charge in [0.05, 0.1) is 0 Å². The first-order valence-corrected chi connectivity index (χ1v) is 11.5. The molecule has 0 aliphatic carbocycles. The van der Waals surface area contributed by atoms with Crippen molar-refractivity contribution in [2.45, 2.75) is 24.9 Å². The quantitative estimate of drug-likeness (QED) is 0.390. The Morgan fingerprint density at radius 3 is 2.38 bits per heavy atom. The summed E-state index contributed by atoms with van der Waals surface area (Å²) in [5.74, 6) is 1.03. The number of hydrogen-bond donors (Lipinski definition) is 2. The lowest BCUT2D eigenvalue weighted by atomic mass is 9.98. The highest BCUT2D eigenvalue weighted by molar-refractivity contribution is 7.85. The zero-order valence-corrected chi connectivity index (χ0v) is 18.2. The number of aromatic nitrogens is 5. The maximum Gasteiger partial charge on any atom is 0.312 e. The fourth-order valence-electron chi connectivity index (χ4n) is 3.48. The number of anilines is 1. The van der Waals surface area contributed by atoms with E-state index in [1.807, 2.05) is 60.4 Å². The second kappa shape index (κ2) is 9.25. The molecule has 164 valence electrons. The van der Waals surface area contributed by atoms with E-state index in [9.17, 15) is 13.0 Å². The summed E-state index contributed by atoms with van der Waals surface area (Å²) in [6, 6.07) is 20.5. The van der Waals surface area contributed by atoms with Crippen molar-refractivity contribution in [2.75, 3.05) is 11.4 Å². The normalized spacial score (nSPS) is 11.4. The molecule has 0 amide bonds. The number of nitrogens with one attached hydrogen (secondary N) is 1. The largest absolute Gasteiger partial charge is 0.352 e. The van der Waals surface area contributed by atoms with E-state index in [0.29, 0.717) is 24.7 Å². The van der Waals surface area contributed by atoms with Gasteiger partial charge in [0, 0.05) is 18.7 Å². The van der Waals surface area contributed by atoms with Crippen LogP contribution in [0.3, 0.4) is 0 Å². The fourth-order valence-corrected chi connectivity index (χ4v) is 3.94. The van der Waals surface area contributed by atoms with Crippen molar-refractivity contribution in [3.63, 3.8) is 0 Å². The molecule has 10 heteroatoms. The molecular weight excluding hydrogens is 428 g/mol. The van der Waals surface area contributed by atoms with Crippen LogP contribution in [-0.2, 0) is 16.7 Å². The van der Waals surface area contributed by atoms with Crippen LogP contribution < -0.4 is 4.90 Å². The number of aromatic amines is 1. The standard InChI is InChI=1S/C22H22N6O3S/c1-2-14-28(20-8-5-9-21(23-20)32(29,30)31)15-16-10-12-17(13-11-16)18-6-3-4-7-19(18)22-24-26-27-25-22/h3-13H,2,14-15H2,1H3,(H,29,30,31)(H,24,25,26,27). The molecule has 0 radical (unpaired) electrons. The van der Waals surface area contributed by atoms with E-state index in [0.717, 1.165) is 28.7 Å². The first kappa shape index (κ1) is 21.6. The highest BCUT2D eigenvalue weighted by Gasteiger charge is 2.15. The fraction of sp³-hybridized carbons (Fsp3) is 0.182. The zero-order chi connectivity index (χ0) is 22.6. The van der Waals surface area contributed by atoms with E-state index < -0.39 is 10.1 Å². The van der Waals surface area contributed by atoms with Crippen LogP contribution in [0, 0.1) is 0 Å². The number of rotatable bonds is 8. The lowest BCUT2D eigenvalue weighted by Crippen LogP contribution is -2.25. The number of nitrogens with zero attached hydrogens (tertiary/aromatic N) is 5. The van der Waals surface area contributed by atoms with Gasteiger partial charge in [-0.25, -0.2) is 4.98 Å². The van der Waals surface area contributed by atoms with Crippen LogP contribution in [0.2, 0.25) is 0 Å². The molecule has 32 heavy (non-hydrogen) atoms. The molecule has 0 saturated carbocycles. The summed E-state index contributed by atoms with van der Waals surface area (Å²) in [5.41, 5.74) is 3.93. The summed E-state index contributed by atoms with van der Waals surface area (Å²) in [7, 11) is -4.36. The van der Waals surface area contributed by atoms with Crippen LogP contribution in [0.4, 0.5) is 5.82 Å². The molecule has 0 bridgehead atoms. The predicted octanol–water partition coefficient (Wildman–Crippen LogP) is 3.59. The van der Waals surface area contributed by atoms with Gasteiger partial charge in [-0.05, 0) is 40.5 Å². The highest BCUT2D eigenvalue weighted by Crippen LogP contribution is 2.30. The molecular formula is C22H22N6O3S. The minimum absolute atomic E-state index is 0.357. The second-order valence-corrected chi connectivity index (χ2v) is 8.58. The van der Waals surface area contributed by atoms with Crippen molar-refractivity contribution in [3.8, 4) is 22.5 Å². The van der Waals surface area contributed by atoms with Gasteiger partial charge in [-0.3, -0.25) is 4.55 Å². The van der Waals surface area contributed by atoms with Crippen molar-refractivity contribution in [1.29, 1.82) is 0 Å². The maximum absolute atomic E-state index is 11.5. The van der Waals surface area contributed by atoms with Gasteiger partial charge in [0.1, 0.15) is 5.82 Å². The topological polar surface area (TPSA) is 125 Å². The Hall–Kier alpha value is -3.63. The second-order valence-electron chi connectivity index (χ2n) is 7.21. The first-order valence-electron chi connectivity index (χ1n) is 10.1. The van der Waals surface area contributed by atoms with E-state index in [-0.39, 0.29) is 5.03 Å². The van der Waals surface area contributed by atoms with Gasteiger partial charge in [-0.1, -0.05) is 61.5 Å². The summed E-state index contributed by atoms with van der Waals surface area (Å²) < 4.78 is 32.3. The third-order valence-electron chi connectivity index (χ3n) is 4.94. The van der Waals surface area contributed by atoms with Crippen molar-refractivity contribution in [1.82, 2.24) is 25.6 Å². The Morgan fingerprint density at radius 2 is 1.72 bits per heavy atom. The molecule has 0 spiro atoms. The molecule has 0 aliphatic rings. The molecule has 0 atom stereocenters. The number of hydrogen-bond acceptors (Lipinski definition) is 7. The summed E-state index contributed by atoms with van der Waals surface area (Å²) in [4.78, 5) is 6.11. The summed E-state index contributed by atoms with van der Waals surface area (Å²) in [5, 5.41) is 13.9. The summed E-state index contributed by atoms with van der Waals surface area (Å²) in [6.07, 6.45) is 0.855. The van der Waals surface area contributed by atoms with Gasteiger partial charge in [-0.2, -0.15) is 13.6 Å². The lowest BCUT2D eigenvalue weighted by Gasteiger charge is -2.23.